The first-order valence-electron chi connectivity index (χ1n) is 9.75. The fourth-order valence-electron chi connectivity index (χ4n) is 3.67. The van der Waals surface area contributed by atoms with Crippen LogP contribution in [0.5, 0.6) is 17.2 Å². The summed E-state index contributed by atoms with van der Waals surface area (Å²) in [7, 11) is 0. The smallest absolute Gasteiger partial charge is 0.202 e. The predicted octanol–water partition coefficient (Wildman–Crippen LogP) is 6.82. The second-order valence-electron chi connectivity index (χ2n) is 7.05. The van der Waals surface area contributed by atoms with Crippen molar-refractivity contribution in [2.24, 2.45) is 0 Å². The lowest BCUT2D eigenvalue weighted by atomic mass is 9.94. The van der Waals surface area contributed by atoms with Crippen LogP contribution in [0.3, 0.4) is 0 Å². The molecule has 5 heteroatoms. The molecule has 0 aromatic heterocycles. The van der Waals surface area contributed by atoms with Crippen molar-refractivity contribution in [3.63, 3.8) is 0 Å². The van der Waals surface area contributed by atoms with Crippen molar-refractivity contribution in [3.8, 4) is 28.4 Å². The summed E-state index contributed by atoms with van der Waals surface area (Å²) >= 11 is 0. The van der Waals surface area contributed by atoms with Gasteiger partial charge in [0.2, 0.25) is 5.82 Å². The van der Waals surface area contributed by atoms with Crippen LogP contribution in [-0.4, -0.2) is 6.61 Å². The topological polar surface area (TPSA) is 18.5 Å². The summed E-state index contributed by atoms with van der Waals surface area (Å²) in [5.41, 5.74) is 2.30. The number of hydrogen-bond acceptors (Lipinski definition) is 2. The lowest BCUT2D eigenvalue weighted by molar-refractivity contribution is 0.340. The molecule has 2 nitrogen and oxygen atoms in total. The van der Waals surface area contributed by atoms with Crippen LogP contribution in [0.4, 0.5) is 13.2 Å². The average Bonchev–Trinajstić information content (AvgIpc) is 2.73. The standard InChI is InChI=1S/C24H21F3O2/c1-3-5-15-6-7-16-12-17-13-19(14-8-10-18(11-9-14)28-4-2)21(26)22(27)24(17)29-23(16)20(15)25/h6-11,13H,3-5,12H2,1-2H3. The van der Waals surface area contributed by atoms with Crippen molar-refractivity contribution < 1.29 is 22.6 Å². The molecule has 0 atom stereocenters. The molecule has 0 radical (unpaired) electrons. The van der Waals surface area contributed by atoms with Crippen molar-refractivity contribution in [1.29, 1.82) is 0 Å². The van der Waals surface area contributed by atoms with Crippen LogP contribution in [-0.2, 0) is 12.8 Å². The normalized spacial score (nSPS) is 12.2. The number of fused-ring (bicyclic) bond motifs is 2. The number of benzene rings is 3. The van der Waals surface area contributed by atoms with E-state index in [-0.39, 0.29) is 23.5 Å². The minimum atomic E-state index is -1.10. The maximum atomic E-state index is 14.9. The molecule has 150 valence electrons. The van der Waals surface area contributed by atoms with E-state index in [0.29, 0.717) is 41.0 Å². The van der Waals surface area contributed by atoms with Gasteiger partial charge in [-0.1, -0.05) is 37.6 Å². The first-order chi connectivity index (χ1) is 14.0. The molecule has 0 aliphatic carbocycles. The molecule has 0 amide bonds. The molecule has 1 aliphatic heterocycles. The molecule has 1 aliphatic rings. The first kappa shape index (κ1) is 19.4. The maximum absolute atomic E-state index is 14.9. The monoisotopic (exact) mass is 398 g/mol. The van der Waals surface area contributed by atoms with Gasteiger partial charge in [-0.3, -0.25) is 0 Å². The van der Waals surface area contributed by atoms with E-state index in [1.165, 1.54) is 0 Å². The van der Waals surface area contributed by atoms with E-state index in [1.54, 1.807) is 42.5 Å². The Labute approximate surface area is 167 Å². The Hall–Kier alpha value is -2.95. The number of ether oxygens (including phenoxy) is 2. The van der Waals surface area contributed by atoms with Crippen molar-refractivity contribution in [1.82, 2.24) is 0 Å². The Bertz CT molecular complexity index is 1060. The van der Waals surface area contributed by atoms with Crippen molar-refractivity contribution in [2.75, 3.05) is 6.61 Å². The zero-order chi connectivity index (χ0) is 20.5. The third-order valence-corrected chi connectivity index (χ3v) is 5.08. The first-order valence-corrected chi connectivity index (χ1v) is 9.75. The van der Waals surface area contributed by atoms with Crippen LogP contribution >= 0.6 is 0 Å². The third kappa shape index (κ3) is 3.46. The fourth-order valence-corrected chi connectivity index (χ4v) is 3.67. The van der Waals surface area contributed by atoms with E-state index in [2.05, 4.69) is 0 Å². The summed E-state index contributed by atoms with van der Waals surface area (Å²) in [6.07, 6.45) is 1.61. The van der Waals surface area contributed by atoms with Crippen molar-refractivity contribution >= 4 is 0 Å². The summed E-state index contributed by atoms with van der Waals surface area (Å²) in [6, 6.07) is 11.9. The largest absolute Gasteiger partial charge is 0.494 e. The molecule has 3 aromatic carbocycles. The summed E-state index contributed by atoms with van der Waals surface area (Å²) in [5.74, 6) is -2.19. The molecular formula is C24H21F3O2. The molecule has 0 N–H and O–H groups in total. The highest BCUT2D eigenvalue weighted by Gasteiger charge is 2.28. The third-order valence-electron chi connectivity index (χ3n) is 5.08. The molecule has 0 saturated heterocycles. The molecule has 0 saturated carbocycles. The number of hydrogen-bond donors (Lipinski definition) is 0. The maximum Gasteiger partial charge on any atom is 0.202 e. The van der Waals surface area contributed by atoms with Gasteiger partial charge >= 0.3 is 0 Å². The van der Waals surface area contributed by atoms with E-state index >= 15 is 0 Å². The van der Waals surface area contributed by atoms with Crippen LogP contribution < -0.4 is 9.47 Å². The average molecular weight is 398 g/mol. The SMILES string of the molecule is CCCc1ccc2c(c1F)Oc1c(cc(-c3ccc(OCC)cc3)c(F)c1F)C2. The highest BCUT2D eigenvalue weighted by molar-refractivity contribution is 5.69. The van der Waals surface area contributed by atoms with Crippen LogP contribution in [0.1, 0.15) is 37.0 Å². The van der Waals surface area contributed by atoms with Gasteiger partial charge in [0.25, 0.3) is 0 Å². The molecule has 0 bridgehead atoms. The van der Waals surface area contributed by atoms with Gasteiger partial charge in [0.15, 0.2) is 23.1 Å². The summed E-state index contributed by atoms with van der Waals surface area (Å²) in [6.45, 7) is 4.35. The van der Waals surface area contributed by atoms with E-state index in [9.17, 15) is 13.2 Å². The van der Waals surface area contributed by atoms with Crippen molar-refractivity contribution in [3.05, 3.63) is 76.6 Å². The van der Waals surface area contributed by atoms with E-state index in [1.807, 2.05) is 13.8 Å². The predicted molar refractivity (Wildman–Crippen MR) is 106 cm³/mol. The van der Waals surface area contributed by atoms with Crippen LogP contribution in [0.15, 0.2) is 42.5 Å². The van der Waals surface area contributed by atoms with E-state index in [0.717, 1.165) is 6.42 Å². The Balaban J connectivity index is 1.75. The van der Waals surface area contributed by atoms with Gasteiger partial charge in [0.05, 0.1) is 6.61 Å². The van der Waals surface area contributed by atoms with Crippen LogP contribution in [0.2, 0.25) is 0 Å². The lowest BCUT2D eigenvalue weighted by Crippen LogP contribution is -2.10. The lowest BCUT2D eigenvalue weighted by Gasteiger charge is -2.23. The molecular weight excluding hydrogens is 377 g/mol. The minimum absolute atomic E-state index is 0.00410. The van der Waals surface area contributed by atoms with Gasteiger partial charge in [-0.05, 0) is 42.7 Å². The number of rotatable bonds is 5. The van der Waals surface area contributed by atoms with Gasteiger partial charge in [0, 0.05) is 23.1 Å². The van der Waals surface area contributed by atoms with Gasteiger partial charge in [0.1, 0.15) is 5.75 Å². The highest BCUT2D eigenvalue weighted by atomic mass is 19.2. The molecule has 1 heterocycles. The van der Waals surface area contributed by atoms with Gasteiger partial charge < -0.3 is 9.47 Å². The molecule has 0 spiro atoms. The Morgan fingerprint density at radius 2 is 1.59 bits per heavy atom. The quantitative estimate of drug-likeness (QED) is 0.367. The van der Waals surface area contributed by atoms with Crippen LogP contribution in [0.25, 0.3) is 11.1 Å². The van der Waals surface area contributed by atoms with Gasteiger partial charge in [-0.25, -0.2) is 8.78 Å². The number of halogens is 3. The number of aryl methyl sites for hydroxylation is 1. The molecule has 0 unspecified atom stereocenters. The molecule has 4 rings (SSSR count). The molecule has 29 heavy (non-hydrogen) atoms. The second-order valence-corrected chi connectivity index (χ2v) is 7.05. The van der Waals surface area contributed by atoms with Gasteiger partial charge in [-0.15, -0.1) is 0 Å². The molecule has 0 fully saturated rings. The Morgan fingerprint density at radius 1 is 0.862 bits per heavy atom. The summed E-state index contributed by atoms with van der Waals surface area (Å²) in [4.78, 5) is 0. The minimum Gasteiger partial charge on any atom is -0.494 e. The van der Waals surface area contributed by atoms with Gasteiger partial charge in [-0.2, -0.15) is 4.39 Å². The fraction of sp³-hybridized carbons (Fsp3) is 0.250. The Kier molecular flexibility index (Phi) is 5.22. The summed E-state index contributed by atoms with van der Waals surface area (Å²) in [5, 5.41) is 0. The van der Waals surface area contributed by atoms with E-state index < -0.39 is 17.5 Å². The van der Waals surface area contributed by atoms with Crippen LogP contribution in [0, 0.1) is 17.5 Å². The zero-order valence-electron chi connectivity index (χ0n) is 16.3. The van der Waals surface area contributed by atoms with E-state index in [4.69, 9.17) is 9.47 Å². The highest BCUT2D eigenvalue weighted by Crippen LogP contribution is 2.43. The zero-order valence-corrected chi connectivity index (χ0v) is 16.3. The Morgan fingerprint density at radius 3 is 2.28 bits per heavy atom. The van der Waals surface area contributed by atoms with Crippen molar-refractivity contribution in [2.45, 2.75) is 33.1 Å². The second kappa shape index (κ2) is 7.82. The summed E-state index contributed by atoms with van der Waals surface area (Å²) < 4.78 is 55.4. The molecule has 3 aromatic rings.